The van der Waals surface area contributed by atoms with Crippen LogP contribution in [0.4, 0.5) is 13.2 Å². The third-order valence-electron chi connectivity index (χ3n) is 2.50. The van der Waals surface area contributed by atoms with Gasteiger partial charge in [-0.25, -0.2) is 0 Å². The molecule has 0 amide bonds. The number of alkyl halides is 3. The van der Waals surface area contributed by atoms with Gasteiger partial charge in [0.1, 0.15) is 5.75 Å². The number of halogens is 4. The molecule has 102 valence electrons. The van der Waals surface area contributed by atoms with Gasteiger partial charge in [-0.05, 0) is 24.1 Å². The minimum Gasteiger partial charge on any atom is -0.495 e. The van der Waals surface area contributed by atoms with E-state index in [1.54, 1.807) is 18.2 Å². The van der Waals surface area contributed by atoms with Gasteiger partial charge < -0.3 is 4.74 Å². The second-order valence-corrected chi connectivity index (χ2v) is 4.17. The number of methoxy groups -OCH3 is 1. The molecule has 1 aromatic carbocycles. The van der Waals surface area contributed by atoms with Crippen LogP contribution in [0.25, 0.3) is 0 Å². The molecule has 0 bridgehead atoms. The van der Waals surface area contributed by atoms with Crippen molar-refractivity contribution in [1.82, 2.24) is 5.43 Å². The predicted octanol–water partition coefficient (Wildman–Crippen LogP) is 3.20. The second kappa shape index (κ2) is 6.26. The van der Waals surface area contributed by atoms with Crippen molar-refractivity contribution in [2.24, 2.45) is 5.84 Å². The monoisotopic (exact) mass is 282 g/mol. The fourth-order valence-electron chi connectivity index (χ4n) is 1.55. The normalized spacial score (nSPS) is 13.4. The number of hydrogen-bond acceptors (Lipinski definition) is 3. The summed E-state index contributed by atoms with van der Waals surface area (Å²) in [6.45, 7) is 0. The first-order valence-electron chi connectivity index (χ1n) is 5.23. The molecule has 0 aliphatic rings. The van der Waals surface area contributed by atoms with Crippen molar-refractivity contribution in [2.45, 2.75) is 25.1 Å². The Hall–Kier alpha value is -0.980. The van der Waals surface area contributed by atoms with Gasteiger partial charge in [-0.2, -0.15) is 13.2 Å². The molecule has 3 nitrogen and oxygen atoms in total. The van der Waals surface area contributed by atoms with Gasteiger partial charge in [0.2, 0.25) is 0 Å². The fourth-order valence-corrected chi connectivity index (χ4v) is 1.74. The summed E-state index contributed by atoms with van der Waals surface area (Å²) in [5, 5.41) is 0.396. The fraction of sp³-hybridized carbons (Fsp3) is 0.455. The highest BCUT2D eigenvalue weighted by atomic mass is 35.5. The minimum absolute atomic E-state index is 0.148. The van der Waals surface area contributed by atoms with Crippen molar-refractivity contribution < 1.29 is 17.9 Å². The van der Waals surface area contributed by atoms with Crippen LogP contribution in [0.15, 0.2) is 18.2 Å². The van der Waals surface area contributed by atoms with Crippen LogP contribution in [0.5, 0.6) is 5.75 Å². The van der Waals surface area contributed by atoms with Crippen molar-refractivity contribution in [1.29, 1.82) is 0 Å². The Kier molecular flexibility index (Phi) is 5.25. The van der Waals surface area contributed by atoms with E-state index in [9.17, 15) is 13.2 Å². The Morgan fingerprint density at radius 2 is 2.11 bits per heavy atom. The van der Waals surface area contributed by atoms with Crippen molar-refractivity contribution in [2.75, 3.05) is 7.11 Å². The summed E-state index contributed by atoms with van der Waals surface area (Å²) in [7, 11) is 1.44. The van der Waals surface area contributed by atoms with Crippen LogP contribution >= 0.6 is 11.6 Å². The molecule has 0 aliphatic carbocycles. The summed E-state index contributed by atoms with van der Waals surface area (Å²) >= 11 is 5.84. The third-order valence-corrected chi connectivity index (χ3v) is 2.81. The lowest BCUT2D eigenvalue weighted by atomic mass is 10.0. The van der Waals surface area contributed by atoms with E-state index in [-0.39, 0.29) is 6.42 Å². The highest BCUT2D eigenvalue weighted by Crippen LogP contribution is 2.31. The maximum atomic E-state index is 12.2. The Labute approximate surface area is 108 Å². The van der Waals surface area contributed by atoms with Gasteiger partial charge in [0.15, 0.2) is 0 Å². The van der Waals surface area contributed by atoms with Crippen LogP contribution < -0.4 is 16.0 Å². The molecule has 0 radical (unpaired) electrons. The van der Waals surface area contributed by atoms with Crippen LogP contribution in [-0.4, -0.2) is 13.3 Å². The summed E-state index contributed by atoms with van der Waals surface area (Å²) in [6, 6.07) is 4.15. The van der Waals surface area contributed by atoms with Gasteiger partial charge in [-0.3, -0.25) is 11.3 Å². The maximum absolute atomic E-state index is 12.2. The Morgan fingerprint density at radius 1 is 1.44 bits per heavy atom. The number of hydrazine groups is 1. The number of ether oxygens (including phenoxy) is 1. The molecule has 0 saturated heterocycles. The highest BCUT2D eigenvalue weighted by Gasteiger charge is 2.28. The van der Waals surface area contributed by atoms with E-state index in [1.807, 2.05) is 0 Å². The zero-order valence-electron chi connectivity index (χ0n) is 9.72. The Bertz CT molecular complexity index is 398. The third kappa shape index (κ3) is 4.36. The van der Waals surface area contributed by atoms with Crippen LogP contribution in [0.3, 0.4) is 0 Å². The van der Waals surface area contributed by atoms with Crippen LogP contribution in [-0.2, 0) is 0 Å². The van der Waals surface area contributed by atoms with Crippen LogP contribution in [0, 0.1) is 0 Å². The van der Waals surface area contributed by atoms with Crippen molar-refractivity contribution in [3.05, 3.63) is 28.8 Å². The first-order valence-corrected chi connectivity index (χ1v) is 5.61. The molecule has 0 aromatic heterocycles. The zero-order valence-corrected chi connectivity index (χ0v) is 10.5. The van der Waals surface area contributed by atoms with Gasteiger partial charge in [0, 0.05) is 12.5 Å². The summed E-state index contributed by atoms with van der Waals surface area (Å²) in [4.78, 5) is 0. The lowest BCUT2D eigenvalue weighted by molar-refractivity contribution is -0.136. The van der Waals surface area contributed by atoms with Crippen molar-refractivity contribution in [3.8, 4) is 5.75 Å². The average molecular weight is 283 g/mol. The summed E-state index contributed by atoms with van der Waals surface area (Å²) in [5.74, 6) is 5.68. The molecular formula is C11H14ClF3N2O. The van der Waals surface area contributed by atoms with E-state index in [2.05, 4.69) is 5.43 Å². The number of nitrogens with one attached hydrogen (secondary N) is 1. The number of rotatable bonds is 5. The summed E-state index contributed by atoms with van der Waals surface area (Å²) < 4.78 is 41.5. The van der Waals surface area contributed by atoms with Gasteiger partial charge in [0.25, 0.3) is 0 Å². The lowest BCUT2D eigenvalue weighted by Crippen LogP contribution is -2.29. The first kappa shape index (κ1) is 15.1. The number of benzene rings is 1. The van der Waals surface area contributed by atoms with E-state index < -0.39 is 18.6 Å². The van der Waals surface area contributed by atoms with E-state index in [0.29, 0.717) is 16.3 Å². The van der Waals surface area contributed by atoms with E-state index in [0.717, 1.165) is 0 Å². The number of hydrogen-bond donors (Lipinski definition) is 2. The molecule has 0 saturated carbocycles. The maximum Gasteiger partial charge on any atom is 0.389 e. The minimum atomic E-state index is -4.20. The molecule has 1 unspecified atom stereocenters. The molecule has 0 heterocycles. The standard InChI is InChI=1S/C11H14ClF3N2O/c1-18-10-6-7(2-3-8(10)12)9(17-16)4-5-11(13,14)15/h2-3,6,9,17H,4-5,16H2,1H3. The molecular weight excluding hydrogens is 269 g/mol. The molecule has 3 N–H and O–H groups in total. The van der Waals surface area contributed by atoms with Crippen molar-refractivity contribution >= 4 is 11.6 Å². The molecule has 1 atom stereocenters. The molecule has 1 aromatic rings. The molecule has 0 spiro atoms. The summed E-state index contributed by atoms with van der Waals surface area (Å²) in [6.07, 6.45) is -5.26. The Morgan fingerprint density at radius 3 is 2.61 bits per heavy atom. The quantitative estimate of drug-likeness (QED) is 0.644. The second-order valence-electron chi connectivity index (χ2n) is 3.77. The number of nitrogens with two attached hydrogens (primary N) is 1. The zero-order chi connectivity index (χ0) is 13.8. The van der Waals surface area contributed by atoms with Gasteiger partial charge in [-0.1, -0.05) is 17.7 Å². The smallest absolute Gasteiger partial charge is 0.389 e. The van der Waals surface area contributed by atoms with Crippen LogP contribution in [0.2, 0.25) is 5.02 Å². The van der Waals surface area contributed by atoms with Gasteiger partial charge in [0.05, 0.1) is 12.1 Å². The van der Waals surface area contributed by atoms with E-state index >= 15 is 0 Å². The molecule has 0 fully saturated rings. The average Bonchev–Trinajstić information content (AvgIpc) is 2.30. The molecule has 7 heteroatoms. The van der Waals surface area contributed by atoms with Gasteiger partial charge >= 0.3 is 6.18 Å². The van der Waals surface area contributed by atoms with Crippen LogP contribution in [0.1, 0.15) is 24.4 Å². The molecule has 18 heavy (non-hydrogen) atoms. The Balaban J connectivity index is 2.82. The molecule has 1 rings (SSSR count). The summed E-state index contributed by atoms with van der Waals surface area (Å²) in [5.41, 5.74) is 2.96. The molecule has 0 aliphatic heterocycles. The predicted molar refractivity (Wildman–Crippen MR) is 63.4 cm³/mol. The first-order chi connectivity index (χ1) is 8.37. The highest BCUT2D eigenvalue weighted by molar-refractivity contribution is 6.32. The van der Waals surface area contributed by atoms with E-state index in [1.165, 1.54) is 7.11 Å². The lowest BCUT2D eigenvalue weighted by Gasteiger charge is -2.18. The largest absolute Gasteiger partial charge is 0.495 e. The van der Waals surface area contributed by atoms with Gasteiger partial charge in [-0.15, -0.1) is 0 Å². The van der Waals surface area contributed by atoms with E-state index in [4.69, 9.17) is 22.2 Å². The topological polar surface area (TPSA) is 47.3 Å². The SMILES string of the molecule is COc1cc(C(CCC(F)(F)F)NN)ccc1Cl. The van der Waals surface area contributed by atoms with Crippen molar-refractivity contribution in [3.63, 3.8) is 0 Å².